The third kappa shape index (κ3) is 5.26. The van der Waals surface area contributed by atoms with Crippen molar-refractivity contribution in [1.29, 1.82) is 0 Å². The first-order chi connectivity index (χ1) is 17.3. The Kier molecular flexibility index (Phi) is 6.75. The summed E-state index contributed by atoms with van der Waals surface area (Å²) in [6, 6.07) is 8.64. The number of nitrogens with one attached hydrogen (secondary N) is 2. The van der Waals surface area contributed by atoms with Gasteiger partial charge >= 0.3 is 6.18 Å². The van der Waals surface area contributed by atoms with Crippen molar-refractivity contribution in [2.45, 2.75) is 50.7 Å². The van der Waals surface area contributed by atoms with Crippen molar-refractivity contribution in [3.8, 4) is 5.75 Å². The summed E-state index contributed by atoms with van der Waals surface area (Å²) in [6.45, 7) is 2.14. The lowest BCUT2D eigenvalue weighted by Gasteiger charge is -2.36. The van der Waals surface area contributed by atoms with Gasteiger partial charge in [-0.25, -0.2) is 0 Å². The number of piperidine rings is 1. The maximum Gasteiger partial charge on any atom is 0.416 e. The molecule has 36 heavy (non-hydrogen) atoms. The van der Waals surface area contributed by atoms with E-state index in [1.807, 2.05) is 6.07 Å². The minimum Gasteiger partial charge on any atom is -0.493 e. The number of alkyl halides is 3. The highest BCUT2D eigenvalue weighted by molar-refractivity contribution is 6.05. The first kappa shape index (κ1) is 24.4. The molecule has 1 fully saturated rings. The van der Waals surface area contributed by atoms with Crippen LogP contribution >= 0.6 is 0 Å². The lowest BCUT2D eigenvalue weighted by atomic mass is 9.95. The zero-order valence-electron chi connectivity index (χ0n) is 19.8. The van der Waals surface area contributed by atoms with Crippen LogP contribution < -0.4 is 15.4 Å². The minimum absolute atomic E-state index is 0.0247. The second-order valence-electron chi connectivity index (χ2n) is 9.50. The largest absolute Gasteiger partial charge is 0.493 e. The van der Waals surface area contributed by atoms with E-state index >= 15 is 0 Å². The van der Waals surface area contributed by atoms with Gasteiger partial charge in [-0.3, -0.25) is 14.5 Å². The number of amides is 2. The maximum atomic E-state index is 13.1. The van der Waals surface area contributed by atoms with Crippen molar-refractivity contribution in [1.82, 2.24) is 4.90 Å². The topological polar surface area (TPSA) is 70.7 Å². The second kappa shape index (κ2) is 9.97. The number of carbonyl (C=O) groups excluding carboxylic acids is 2. The Labute approximate surface area is 207 Å². The number of fused-ring (bicyclic) bond motifs is 2. The second-order valence-corrected chi connectivity index (χ2v) is 9.50. The van der Waals surface area contributed by atoms with E-state index in [4.69, 9.17) is 4.74 Å². The molecule has 1 atom stereocenters. The molecule has 0 aliphatic carbocycles. The van der Waals surface area contributed by atoms with Crippen LogP contribution in [0.25, 0.3) is 5.57 Å². The summed E-state index contributed by atoms with van der Waals surface area (Å²) in [7, 11) is 0. The van der Waals surface area contributed by atoms with Crippen molar-refractivity contribution in [2.75, 3.05) is 30.3 Å². The van der Waals surface area contributed by atoms with Crippen LogP contribution in [-0.2, 0) is 22.2 Å². The van der Waals surface area contributed by atoms with E-state index in [0.29, 0.717) is 41.8 Å². The van der Waals surface area contributed by atoms with Crippen molar-refractivity contribution in [3.63, 3.8) is 0 Å². The molecule has 5 rings (SSSR count). The summed E-state index contributed by atoms with van der Waals surface area (Å²) in [5.74, 6) is -0.296. The number of hydrogen-bond acceptors (Lipinski definition) is 4. The first-order valence-electron chi connectivity index (χ1n) is 12.3. The molecular weight excluding hydrogens is 471 g/mol. The number of nitrogens with zero attached hydrogens (tertiary/aromatic N) is 1. The molecule has 6 nitrogen and oxygen atoms in total. The Morgan fingerprint density at radius 3 is 2.67 bits per heavy atom. The van der Waals surface area contributed by atoms with Crippen molar-refractivity contribution in [3.05, 3.63) is 59.2 Å². The molecule has 1 saturated heterocycles. The zero-order chi connectivity index (χ0) is 25.3. The molecule has 2 aromatic rings. The number of halogens is 3. The molecule has 0 saturated carbocycles. The molecule has 3 heterocycles. The van der Waals surface area contributed by atoms with Crippen LogP contribution in [0.15, 0.2) is 42.5 Å². The number of likely N-dealkylation sites (tertiary alicyclic amines) is 1. The number of anilines is 2. The Bertz CT molecular complexity index is 1200. The lowest BCUT2D eigenvalue weighted by molar-refractivity contribution is -0.137. The highest BCUT2D eigenvalue weighted by Gasteiger charge is 2.33. The summed E-state index contributed by atoms with van der Waals surface area (Å²) < 4.78 is 44.8. The molecule has 3 aliphatic rings. The molecule has 1 unspecified atom stereocenters. The van der Waals surface area contributed by atoms with Gasteiger partial charge in [0, 0.05) is 23.0 Å². The highest BCUT2D eigenvalue weighted by Crippen LogP contribution is 2.38. The number of ether oxygens (including phenoxy) is 1. The quantitative estimate of drug-likeness (QED) is 0.566. The van der Waals surface area contributed by atoms with Crippen LogP contribution in [0.4, 0.5) is 24.5 Å². The van der Waals surface area contributed by atoms with Gasteiger partial charge in [0.1, 0.15) is 5.75 Å². The number of benzene rings is 2. The molecule has 2 N–H and O–H groups in total. The van der Waals surface area contributed by atoms with Gasteiger partial charge in [0.25, 0.3) is 0 Å². The number of allylic oxidation sites excluding steroid dienone is 1. The van der Waals surface area contributed by atoms with Crippen LogP contribution in [-0.4, -0.2) is 42.5 Å². The third-order valence-electron chi connectivity index (χ3n) is 6.99. The van der Waals surface area contributed by atoms with E-state index in [2.05, 4.69) is 15.5 Å². The van der Waals surface area contributed by atoms with Gasteiger partial charge in [0.2, 0.25) is 11.8 Å². The molecule has 2 aromatic carbocycles. The van der Waals surface area contributed by atoms with Crippen LogP contribution in [0, 0.1) is 0 Å². The lowest BCUT2D eigenvalue weighted by Crippen LogP contribution is -2.49. The Hall–Kier alpha value is -3.33. The predicted molar refractivity (Wildman–Crippen MR) is 131 cm³/mol. The standard InChI is InChI=1S/C27H28F3N3O3/c28-27(29,30)19-7-9-21-17(5-4-12-36-24(21)15-19)14-25(34)31-20-8-6-18-13-23(26(35)32-22(18)16-20)33-10-2-1-3-11-33/h6-9,14-16,23H,1-5,10-13H2,(H,31,34)(H,32,35). The molecule has 0 radical (unpaired) electrons. The first-order valence-corrected chi connectivity index (χ1v) is 12.3. The average molecular weight is 500 g/mol. The molecule has 190 valence electrons. The van der Waals surface area contributed by atoms with E-state index in [1.165, 1.54) is 18.6 Å². The molecule has 0 aromatic heterocycles. The van der Waals surface area contributed by atoms with E-state index < -0.39 is 17.6 Å². The Morgan fingerprint density at radius 1 is 1.08 bits per heavy atom. The smallest absolute Gasteiger partial charge is 0.416 e. The monoisotopic (exact) mass is 499 g/mol. The van der Waals surface area contributed by atoms with Gasteiger partial charge < -0.3 is 15.4 Å². The van der Waals surface area contributed by atoms with Gasteiger partial charge in [0.15, 0.2) is 0 Å². The number of carbonyl (C=O) groups is 2. The van der Waals surface area contributed by atoms with Crippen molar-refractivity contribution < 1.29 is 27.5 Å². The minimum atomic E-state index is -4.47. The van der Waals surface area contributed by atoms with Crippen LogP contribution in [0.5, 0.6) is 5.75 Å². The normalized spacial score (nSPS) is 21.6. The van der Waals surface area contributed by atoms with Gasteiger partial charge in [-0.2, -0.15) is 13.2 Å². The molecular formula is C27H28F3N3O3. The third-order valence-corrected chi connectivity index (χ3v) is 6.99. The van der Waals surface area contributed by atoms with Crippen LogP contribution in [0.1, 0.15) is 48.8 Å². The molecule has 0 bridgehead atoms. The molecule has 9 heteroatoms. The van der Waals surface area contributed by atoms with Gasteiger partial charge in [-0.15, -0.1) is 0 Å². The summed E-state index contributed by atoms with van der Waals surface area (Å²) >= 11 is 0. The number of rotatable bonds is 3. The predicted octanol–water partition coefficient (Wildman–Crippen LogP) is 5.25. The Morgan fingerprint density at radius 2 is 1.89 bits per heavy atom. The van der Waals surface area contributed by atoms with Gasteiger partial charge in [-0.1, -0.05) is 18.6 Å². The van der Waals surface area contributed by atoms with Gasteiger partial charge in [0.05, 0.1) is 18.2 Å². The van der Waals surface area contributed by atoms with Gasteiger partial charge in [-0.05, 0) is 80.6 Å². The molecule has 2 amide bonds. The fourth-order valence-corrected chi connectivity index (χ4v) is 5.14. The van der Waals surface area contributed by atoms with Crippen molar-refractivity contribution >= 4 is 28.8 Å². The van der Waals surface area contributed by atoms with E-state index in [9.17, 15) is 22.8 Å². The fraction of sp³-hybridized carbons (Fsp3) is 0.407. The zero-order valence-corrected chi connectivity index (χ0v) is 19.8. The Balaban J connectivity index is 1.31. The fourth-order valence-electron chi connectivity index (χ4n) is 5.14. The average Bonchev–Trinajstić information content (AvgIpc) is 3.05. The highest BCUT2D eigenvalue weighted by atomic mass is 19.4. The molecule has 3 aliphatic heterocycles. The van der Waals surface area contributed by atoms with Crippen LogP contribution in [0.2, 0.25) is 0 Å². The maximum absolute atomic E-state index is 13.1. The van der Waals surface area contributed by atoms with Crippen molar-refractivity contribution in [2.24, 2.45) is 0 Å². The van der Waals surface area contributed by atoms with Crippen LogP contribution in [0.3, 0.4) is 0 Å². The van der Waals surface area contributed by atoms with E-state index in [-0.39, 0.29) is 24.3 Å². The summed E-state index contributed by atoms with van der Waals surface area (Å²) in [6.07, 6.45) is 2.08. The number of hydrogen-bond donors (Lipinski definition) is 2. The van der Waals surface area contributed by atoms with E-state index in [1.54, 1.807) is 12.1 Å². The summed E-state index contributed by atoms with van der Waals surface area (Å²) in [5, 5.41) is 5.80. The van der Waals surface area contributed by atoms with E-state index in [0.717, 1.165) is 43.6 Å². The SMILES string of the molecule is O=C(C=C1CCCOc2cc(C(F)(F)F)ccc21)Nc1ccc2c(c1)NC(=O)C(N1CCCCC1)C2. The summed E-state index contributed by atoms with van der Waals surface area (Å²) in [5.41, 5.74) is 2.56. The summed E-state index contributed by atoms with van der Waals surface area (Å²) in [4.78, 5) is 27.8. The molecule has 0 spiro atoms.